The first kappa shape index (κ1) is 15.5. The molecule has 2 aliphatic heterocycles. The van der Waals surface area contributed by atoms with Crippen molar-refractivity contribution < 1.29 is 14.6 Å². The van der Waals surface area contributed by atoms with Gasteiger partial charge in [0.25, 0.3) is 0 Å². The normalized spacial score (nSPS) is 21.0. The Morgan fingerprint density at radius 1 is 1.25 bits per heavy atom. The summed E-state index contributed by atoms with van der Waals surface area (Å²) in [5.41, 5.74) is 3.26. The number of aromatic amines is 1. The molecular weight excluding hydrogens is 306 g/mol. The van der Waals surface area contributed by atoms with E-state index in [9.17, 15) is 5.11 Å². The monoisotopic (exact) mass is 329 g/mol. The standard InChI is InChI=1S/C18H23N3O3/c22-12-13-2-1-5-21(10-13)11-15-9-19-20-18(15)14-3-4-16-17(8-14)24-7-6-23-16/h3-4,8-9,13,22H,1-2,5-7,10-12H2,(H,19,20). The molecule has 2 aliphatic rings. The number of benzene rings is 1. The Morgan fingerprint density at radius 2 is 2.12 bits per heavy atom. The summed E-state index contributed by atoms with van der Waals surface area (Å²) in [5, 5.41) is 16.8. The number of ether oxygens (including phenoxy) is 2. The summed E-state index contributed by atoms with van der Waals surface area (Å²) in [5.74, 6) is 1.98. The Hall–Kier alpha value is -2.05. The van der Waals surface area contributed by atoms with Gasteiger partial charge in [0.1, 0.15) is 13.2 Å². The summed E-state index contributed by atoms with van der Waals surface area (Å²) >= 11 is 0. The third kappa shape index (κ3) is 3.12. The molecule has 6 nitrogen and oxygen atoms in total. The van der Waals surface area contributed by atoms with E-state index >= 15 is 0 Å². The zero-order valence-corrected chi connectivity index (χ0v) is 13.7. The molecule has 1 saturated heterocycles. The molecule has 0 spiro atoms. The van der Waals surface area contributed by atoms with E-state index in [4.69, 9.17) is 9.47 Å². The summed E-state index contributed by atoms with van der Waals surface area (Å²) in [6, 6.07) is 6.01. The fourth-order valence-electron chi connectivity index (χ4n) is 3.56. The van der Waals surface area contributed by atoms with Crippen molar-refractivity contribution in [3.8, 4) is 22.8 Å². The second-order valence-electron chi connectivity index (χ2n) is 6.55. The molecule has 4 rings (SSSR count). The quantitative estimate of drug-likeness (QED) is 0.898. The molecule has 128 valence electrons. The minimum absolute atomic E-state index is 0.275. The van der Waals surface area contributed by atoms with Crippen LogP contribution in [0.5, 0.6) is 11.5 Å². The zero-order valence-electron chi connectivity index (χ0n) is 13.7. The number of likely N-dealkylation sites (tertiary alicyclic amines) is 1. The molecule has 0 amide bonds. The number of H-pyrrole nitrogens is 1. The third-order valence-corrected chi connectivity index (χ3v) is 4.80. The van der Waals surface area contributed by atoms with Gasteiger partial charge in [-0.05, 0) is 43.5 Å². The minimum Gasteiger partial charge on any atom is -0.486 e. The molecule has 2 N–H and O–H groups in total. The summed E-state index contributed by atoms with van der Waals surface area (Å²) < 4.78 is 11.3. The van der Waals surface area contributed by atoms with Crippen LogP contribution in [0, 0.1) is 5.92 Å². The van der Waals surface area contributed by atoms with Crippen molar-refractivity contribution >= 4 is 0 Å². The molecule has 1 aromatic heterocycles. The number of aromatic nitrogens is 2. The van der Waals surface area contributed by atoms with Crippen LogP contribution < -0.4 is 9.47 Å². The average Bonchev–Trinajstić information content (AvgIpc) is 3.09. The van der Waals surface area contributed by atoms with Gasteiger partial charge in [0.15, 0.2) is 11.5 Å². The lowest BCUT2D eigenvalue weighted by Crippen LogP contribution is -2.36. The van der Waals surface area contributed by atoms with Crippen molar-refractivity contribution in [2.24, 2.45) is 5.92 Å². The van der Waals surface area contributed by atoms with E-state index in [1.54, 1.807) is 0 Å². The maximum Gasteiger partial charge on any atom is 0.162 e. The Bertz CT molecular complexity index is 701. The highest BCUT2D eigenvalue weighted by Crippen LogP contribution is 2.35. The van der Waals surface area contributed by atoms with Gasteiger partial charge in [-0.3, -0.25) is 10.00 Å². The van der Waals surface area contributed by atoms with E-state index in [0.717, 1.165) is 55.2 Å². The van der Waals surface area contributed by atoms with E-state index in [1.165, 1.54) is 5.56 Å². The van der Waals surface area contributed by atoms with E-state index in [2.05, 4.69) is 15.1 Å². The smallest absolute Gasteiger partial charge is 0.162 e. The second-order valence-corrected chi connectivity index (χ2v) is 6.55. The predicted molar refractivity (Wildman–Crippen MR) is 90.1 cm³/mol. The molecule has 1 unspecified atom stereocenters. The lowest BCUT2D eigenvalue weighted by Gasteiger charge is -2.31. The summed E-state index contributed by atoms with van der Waals surface area (Å²) in [6.45, 7) is 4.32. The number of hydrogen-bond acceptors (Lipinski definition) is 5. The Balaban J connectivity index is 1.54. The average molecular weight is 329 g/mol. The molecule has 1 fully saturated rings. The van der Waals surface area contributed by atoms with Gasteiger partial charge in [0, 0.05) is 30.8 Å². The second kappa shape index (κ2) is 6.83. The molecule has 0 bridgehead atoms. The number of nitrogens with one attached hydrogen (secondary N) is 1. The van der Waals surface area contributed by atoms with Crippen LogP contribution in [0.3, 0.4) is 0 Å². The van der Waals surface area contributed by atoms with Crippen LogP contribution in [-0.4, -0.2) is 53.1 Å². The van der Waals surface area contributed by atoms with E-state index in [-0.39, 0.29) is 6.61 Å². The number of nitrogens with zero attached hydrogens (tertiary/aromatic N) is 2. The van der Waals surface area contributed by atoms with Gasteiger partial charge in [-0.2, -0.15) is 5.10 Å². The molecule has 0 saturated carbocycles. The number of piperidine rings is 1. The Kier molecular flexibility index (Phi) is 4.40. The summed E-state index contributed by atoms with van der Waals surface area (Å²) in [4.78, 5) is 2.40. The van der Waals surface area contributed by atoms with Gasteiger partial charge in [-0.1, -0.05) is 0 Å². The first-order chi connectivity index (χ1) is 11.8. The summed E-state index contributed by atoms with van der Waals surface area (Å²) in [7, 11) is 0. The molecule has 0 radical (unpaired) electrons. The molecular formula is C18H23N3O3. The molecule has 24 heavy (non-hydrogen) atoms. The lowest BCUT2D eigenvalue weighted by atomic mass is 9.98. The zero-order chi connectivity index (χ0) is 16.4. The van der Waals surface area contributed by atoms with Gasteiger partial charge < -0.3 is 14.6 Å². The SMILES string of the molecule is OCC1CCCN(Cc2cn[nH]c2-c2ccc3c(c2)OCCO3)C1. The number of rotatable bonds is 4. The maximum absolute atomic E-state index is 9.41. The van der Waals surface area contributed by atoms with Crippen molar-refractivity contribution in [1.82, 2.24) is 15.1 Å². The van der Waals surface area contributed by atoms with Gasteiger partial charge in [-0.15, -0.1) is 0 Å². The van der Waals surface area contributed by atoms with Crippen molar-refractivity contribution in [2.45, 2.75) is 19.4 Å². The highest BCUT2D eigenvalue weighted by Gasteiger charge is 2.21. The van der Waals surface area contributed by atoms with Crippen molar-refractivity contribution in [3.05, 3.63) is 30.0 Å². The van der Waals surface area contributed by atoms with E-state index < -0.39 is 0 Å². The number of aliphatic hydroxyl groups is 1. The van der Waals surface area contributed by atoms with Crippen LogP contribution in [0.1, 0.15) is 18.4 Å². The molecule has 3 heterocycles. The first-order valence-electron chi connectivity index (χ1n) is 8.59. The summed E-state index contributed by atoms with van der Waals surface area (Å²) in [6.07, 6.45) is 4.16. The van der Waals surface area contributed by atoms with Crippen molar-refractivity contribution in [1.29, 1.82) is 0 Å². The molecule has 1 atom stereocenters. The van der Waals surface area contributed by atoms with Gasteiger partial charge in [0.05, 0.1) is 11.9 Å². The van der Waals surface area contributed by atoms with Gasteiger partial charge in [0.2, 0.25) is 0 Å². The first-order valence-corrected chi connectivity index (χ1v) is 8.59. The fraction of sp³-hybridized carbons (Fsp3) is 0.500. The highest BCUT2D eigenvalue weighted by atomic mass is 16.6. The van der Waals surface area contributed by atoms with Gasteiger partial charge in [-0.25, -0.2) is 0 Å². The van der Waals surface area contributed by atoms with Crippen LogP contribution in [-0.2, 0) is 6.54 Å². The van der Waals surface area contributed by atoms with Crippen LogP contribution in [0.25, 0.3) is 11.3 Å². The Labute approximate surface area is 141 Å². The van der Waals surface area contributed by atoms with Crippen LogP contribution >= 0.6 is 0 Å². The predicted octanol–water partition coefficient (Wildman–Crippen LogP) is 2.05. The Morgan fingerprint density at radius 3 is 3.00 bits per heavy atom. The molecule has 2 aromatic rings. The maximum atomic E-state index is 9.41. The molecule has 1 aromatic carbocycles. The van der Waals surface area contributed by atoms with Crippen molar-refractivity contribution in [2.75, 3.05) is 32.9 Å². The molecule has 6 heteroatoms. The third-order valence-electron chi connectivity index (χ3n) is 4.80. The van der Waals surface area contributed by atoms with Crippen molar-refractivity contribution in [3.63, 3.8) is 0 Å². The number of fused-ring (bicyclic) bond motifs is 1. The highest BCUT2D eigenvalue weighted by molar-refractivity contribution is 5.66. The van der Waals surface area contributed by atoms with Gasteiger partial charge >= 0.3 is 0 Å². The topological polar surface area (TPSA) is 70.6 Å². The largest absolute Gasteiger partial charge is 0.486 e. The van der Waals surface area contributed by atoms with E-state index in [0.29, 0.717) is 19.1 Å². The van der Waals surface area contributed by atoms with Crippen LogP contribution in [0.15, 0.2) is 24.4 Å². The van der Waals surface area contributed by atoms with E-state index in [1.807, 2.05) is 24.4 Å². The van der Waals surface area contributed by atoms with Crippen LogP contribution in [0.4, 0.5) is 0 Å². The number of aliphatic hydroxyl groups excluding tert-OH is 1. The fourth-order valence-corrected chi connectivity index (χ4v) is 3.56. The minimum atomic E-state index is 0.275. The molecule has 0 aliphatic carbocycles. The van der Waals surface area contributed by atoms with Crippen LogP contribution in [0.2, 0.25) is 0 Å². The number of hydrogen-bond donors (Lipinski definition) is 2. The lowest BCUT2D eigenvalue weighted by molar-refractivity contribution is 0.116.